The van der Waals surface area contributed by atoms with Crippen LogP contribution in [0.25, 0.3) is 0 Å². The maximum Gasteiger partial charge on any atom is 0.453 e. The summed E-state index contributed by atoms with van der Waals surface area (Å²) in [5.41, 5.74) is 0. The highest BCUT2D eigenvalue weighted by atomic mass is 19.4. The van der Waals surface area contributed by atoms with Gasteiger partial charge in [0, 0.05) is 13.1 Å². The van der Waals surface area contributed by atoms with Crippen LogP contribution in [-0.4, -0.2) is 31.3 Å². The molecular weight excluding hydrogens is 214 g/mol. The summed E-state index contributed by atoms with van der Waals surface area (Å²) in [6.07, 6.45) is -2.42. The van der Waals surface area contributed by atoms with Gasteiger partial charge in [-0.1, -0.05) is 0 Å². The molecule has 0 atom stereocenters. The van der Waals surface area contributed by atoms with Crippen molar-refractivity contribution in [1.29, 1.82) is 0 Å². The molecule has 0 N–H and O–H groups in total. The van der Waals surface area contributed by atoms with Crippen molar-refractivity contribution in [2.24, 2.45) is 0 Å². The van der Waals surface area contributed by atoms with E-state index in [0.29, 0.717) is 25.9 Å². The number of halogens is 4. The summed E-state index contributed by atoms with van der Waals surface area (Å²) in [5.74, 6) is -2.84. The first kappa shape index (κ1) is 12.1. The molecule has 0 spiro atoms. The van der Waals surface area contributed by atoms with Gasteiger partial charge in [-0.15, -0.1) is 0 Å². The molecule has 0 unspecified atom stereocenters. The lowest BCUT2D eigenvalue weighted by atomic mass is 10.1. The van der Waals surface area contributed by atoms with Crippen LogP contribution in [0.5, 0.6) is 0 Å². The van der Waals surface area contributed by atoms with Gasteiger partial charge in [0.25, 0.3) is 5.76 Å². The van der Waals surface area contributed by atoms with Gasteiger partial charge < -0.3 is 9.64 Å². The first-order valence-corrected chi connectivity index (χ1v) is 4.72. The first-order valence-electron chi connectivity index (χ1n) is 4.72. The Labute approximate surface area is 85.5 Å². The Hall–Kier alpha value is -0.940. The van der Waals surface area contributed by atoms with Crippen LogP contribution >= 0.6 is 0 Å². The first-order chi connectivity index (χ1) is 6.96. The maximum atomic E-state index is 13.4. The number of nitrogens with zero attached hydrogens (tertiary/aromatic N) is 1. The fourth-order valence-electron chi connectivity index (χ4n) is 1.55. The van der Waals surface area contributed by atoms with E-state index in [4.69, 9.17) is 0 Å². The number of methoxy groups -OCH3 is 1. The molecule has 0 saturated carbocycles. The monoisotopic (exact) mass is 227 g/mol. The molecule has 0 aromatic rings. The van der Waals surface area contributed by atoms with Crippen molar-refractivity contribution in [1.82, 2.24) is 4.90 Å². The minimum absolute atomic E-state index is 0.314. The van der Waals surface area contributed by atoms with E-state index in [-0.39, 0.29) is 0 Å². The van der Waals surface area contributed by atoms with E-state index in [1.807, 2.05) is 0 Å². The molecule has 1 aliphatic rings. The van der Waals surface area contributed by atoms with Crippen LogP contribution in [0.2, 0.25) is 0 Å². The molecule has 15 heavy (non-hydrogen) atoms. The Morgan fingerprint density at radius 1 is 1.13 bits per heavy atom. The number of hydrogen-bond donors (Lipinski definition) is 0. The number of rotatable bonds is 2. The van der Waals surface area contributed by atoms with Crippen molar-refractivity contribution in [3.63, 3.8) is 0 Å². The third-order valence-corrected chi connectivity index (χ3v) is 2.28. The summed E-state index contributed by atoms with van der Waals surface area (Å²) in [7, 11) is 0.826. The Morgan fingerprint density at radius 3 is 2.07 bits per heavy atom. The van der Waals surface area contributed by atoms with Gasteiger partial charge in [0.2, 0.25) is 5.95 Å². The van der Waals surface area contributed by atoms with Crippen molar-refractivity contribution in [3.8, 4) is 0 Å². The van der Waals surface area contributed by atoms with Gasteiger partial charge in [0.15, 0.2) is 0 Å². The average Bonchev–Trinajstić information content (AvgIpc) is 2.18. The Bertz CT molecular complexity index is 243. The number of allylic oxidation sites excluding steroid dienone is 1. The predicted molar refractivity (Wildman–Crippen MR) is 46.6 cm³/mol. The zero-order valence-electron chi connectivity index (χ0n) is 8.40. The molecule has 1 rings (SSSR count). The van der Waals surface area contributed by atoms with Gasteiger partial charge in [-0.05, 0) is 19.3 Å². The minimum atomic E-state index is -4.77. The summed E-state index contributed by atoms with van der Waals surface area (Å²) >= 11 is 0. The number of alkyl halides is 3. The van der Waals surface area contributed by atoms with Crippen molar-refractivity contribution >= 4 is 0 Å². The van der Waals surface area contributed by atoms with Crippen LogP contribution in [0.4, 0.5) is 17.6 Å². The van der Waals surface area contributed by atoms with Crippen LogP contribution in [0, 0.1) is 0 Å². The molecular formula is C9H13F4NO. The highest BCUT2D eigenvalue weighted by molar-refractivity contribution is 5.06. The lowest BCUT2D eigenvalue weighted by Gasteiger charge is -2.28. The van der Waals surface area contributed by atoms with E-state index in [9.17, 15) is 17.6 Å². The third kappa shape index (κ3) is 3.00. The van der Waals surface area contributed by atoms with E-state index < -0.39 is 17.9 Å². The molecule has 0 radical (unpaired) electrons. The Morgan fingerprint density at radius 2 is 1.67 bits per heavy atom. The summed E-state index contributed by atoms with van der Waals surface area (Å²) in [6, 6.07) is 0. The largest absolute Gasteiger partial charge is 0.489 e. The molecule has 1 heterocycles. The van der Waals surface area contributed by atoms with Gasteiger partial charge in [-0.3, -0.25) is 0 Å². The smallest absolute Gasteiger partial charge is 0.453 e. The molecule has 0 aliphatic carbocycles. The normalized spacial score (nSPS) is 19.9. The fraction of sp³-hybridized carbons (Fsp3) is 0.778. The number of piperidine rings is 1. The SMILES string of the molecule is CO/C(=C(/F)N1CCCCC1)C(F)(F)F. The second-order valence-electron chi connectivity index (χ2n) is 3.37. The van der Waals surface area contributed by atoms with E-state index in [1.54, 1.807) is 0 Å². The van der Waals surface area contributed by atoms with Crippen LogP contribution < -0.4 is 0 Å². The minimum Gasteiger partial charge on any atom is -0.489 e. The molecule has 1 aliphatic heterocycles. The van der Waals surface area contributed by atoms with Crippen molar-refractivity contribution in [3.05, 3.63) is 11.7 Å². The van der Waals surface area contributed by atoms with E-state index in [2.05, 4.69) is 4.74 Å². The molecule has 6 heteroatoms. The van der Waals surface area contributed by atoms with Gasteiger partial charge in [-0.25, -0.2) is 0 Å². The average molecular weight is 227 g/mol. The lowest BCUT2D eigenvalue weighted by Crippen LogP contribution is -2.31. The Balaban J connectivity index is 2.84. The summed E-state index contributed by atoms with van der Waals surface area (Å²) in [6.45, 7) is 0.629. The quantitative estimate of drug-likeness (QED) is 0.408. The second kappa shape index (κ2) is 4.72. The van der Waals surface area contributed by atoms with Crippen molar-refractivity contribution < 1.29 is 22.3 Å². The predicted octanol–water partition coefficient (Wildman–Crippen LogP) is 2.82. The molecule has 0 aromatic carbocycles. The van der Waals surface area contributed by atoms with E-state index >= 15 is 0 Å². The Kier molecular flexibility index (Phi) is 3.82. The van der Waals surface area contributed by atoms with E-state index in [1.165, 1.54) is 0 Å². The topological polar surface area (TPSA) is 12.5 Å². The summed E-state index contributed by atoms with van der Waals surface area (Å²) in [5, 5.41) is 0. The molecule has 2 nitrogen and oxygen atoms in total. The molecule has 1 saturated heterocycles. The van der Waals surface area contributed by atoms with E-state index in [0.717, 1.165) is 18.4 Å². The molecule has 0 bridgehead atoms. The van der Waals surface area contributed by atoms with Gasteiger partial charge in [0.1, 0.15) is 0 Å². The molecule has 0 amide bonds. The molecule has 88 valence electrons. The highest BCUT2D eigenvalue weighted by Crippen LogP contribution is 2.31. The van der Waals surface area contributed by atoms with Crippen LogP contribution in [0.1, 0.15) is 19.3 Å². The fourth-order valence-corrected chi connectivity index (χ4v) is 1.55. The number of hydrogen-bond acceptors (Lipinski definition) is 2. The summed E-state index contributed by atoms with van der Waals surface area (Å²) in [4.78, 5) is 1.08. The van der Waals surface area contributed by atoms with Gasteiger partial charge in [0.05, 0.1) is 7.11 Å². The highest BCUT2D eigenvalue weighted by Gasteiger charge is 2.40. The number of likely N-dealkylation sites (tertiary alicyclic amines) is 1. The standard InChI is InChI=1S/C9H13F4NO/c1-15-7(9(11,12)13)8(10)14-5-3-2-4-6-14/h2-6H2,1H3/b8-7-. The van der Waals surface area contributed by atoms with Gasteiger partial charge >= 0.3 is 6.18 Å². The van der Waals surface area contributed by atoms with Crippen LogP contribution in [0.3, 0.4) is 0 Å². The zero-order valence-corrected chi connectivity index (χ0v) is 8.40. The van der Waals surface area contributed by atoms with Gasteiger partial charge in [-0.2, -0.15) is 17.6 Å². The van der Waals surface area contributed by atoms with Crippen LogP contribution in [-0.2, 0) is 4.74 Å². The van der Waals surface area contributed by atoms with Crippen molar-refractivity contribution in [2.45, 2.75) is 25.4 Å². The maximum absolute atomic E-state index is 13.4. The third-order valence-electron chi connectivity index (χ3n) is 2.28. The lowest BCUT2D eigenvalue weighted by molar-refractivity contribution is -0.131. The van der Waals surface area contributed by atoms with Crippen molar-refractivity contribution in [2.75, 3.05) is 20.2 Å². The zero-order chi connectivity index (χ0) is 11.5. The number of ether oxygens (including phenoxy) is 1. The van der Waals surface area contributed by atoms with Crippen LogP contribution in [0.15, 0.2) is 11.7 Å². The summed E-state index contributed by atoms with van der Waals surface area (Å²) < 4.78 is 54.3. The molecule has 0 aromatic heterocycles. The molecule has 1 fully saturated rings. The second-order valence-corrected chi connectivity index (χ2v) is 3.37.